The van der Waals surface area contributed by atoms with Gasteiger partial charge in [0.1, 0.15) is 5.76 Å². The Labute approximate surface area is 102 Å². The lowest BCUT2D eigenvalue weighted by Crippen LogP contribution is -2.45. The van der Waals surface area contributed by atoms with Crippen LogP contribution in [0.5, 0.6) is 0 Å². The second kappa shape index (κ2) is 7.06. The monoisotopic (exact) mass is 239 g/mol. The molecular formula is C12H21N3O2. The number of rotatable bonds is 7. The molecule has 0 saturated heterocycles. The molecule has 0 aromatic carbocycles. The topological polar surface area (TPSA) is 67.2 Å². The third-order valence-corrected chi connectivity index (χ3v) is 2.80. The predicted molar refractivity (Wildman–Crippen MR) is 65.3 cm³/mol. The molecule has 0 fully saturated rings. The molecule has 0 bridgehead atoms. The third kappa shape index (κ3) is 4.56. The van der Waals surface area contributed by atoms with Gasteiger partial charge in [-0.1, -0.05) is 19.0 Å². The van der Waals surface area contributed by atoms with Crippen LogP contribution in [-0.2, 0) is 11.3 Å². The Balaban J connectivity index is 2.31. The SMILES string of the molecule is CCC(CC)NC(=O)C(C)NCc1ccno1. The molecule has 1 amide bonds. The highest BCUT2D eigenvalue weighted by molar-refractivity contribution is 5.81. The molecule has 0 aliphatic rings. The normalized spacial score (nSPS) is 12.7. The number of hydrogen-bond donors (Lipinski definition) is 2. The van der Waals surface area contributed by atoms with Gasteiger partial charge >= 0.3 is 0 Å². The van der Waals surface area contributed by atoms with E-state index in [9.17, 15) is 4.79 Å². The minimum absolute atomic E-state index is 0.0261. The van der Waals surface area contributed by atoms with Crippen molar-refractivity contribution in [3.05, 3.63) is 18.0 Å². The fourth-order valence-electron chi connectivity index (χ4n) is 1.50. The Morgan fingerprint density at radius 2 is 2.18 bits per heavy atom. The van der Waals surface area contributed by atoms with Crippen LogP contribution in [0.1, 0.15) is 39.4 Å². The Bertz CT molecular complexity index is 321. The van der Waals surface area contributed by atoms with E-state index in [1.54, 1.807) is 12.3 Å². The lowest BCUT2D eigenvalue weighted by atomic mass is 10.1. The molecule has 5 nitrogen and oxygen atoms in total. The zero-order valence-electron chi connectivity index (χ0n) is 10.7. The first-order valence-corrected chi connectivity index (χ1v) is 6.10. The summed E-state index contributed by atoms with van der Waals surface area (Å²) < 4.78 is 4.94. The van der Waals surface area contributed by atoms with Crippen LogP contribution in [0.4, 0.5) is 0 Å². The summed E-state index contributed by atoms with van der Waals surface area (Å²) in [6, 6.07) is 1.80. The maximum absolute atomic E-state index is 11.8. The summed E-state index contributed by atoms with van der Waals surface area (Å²) in [6.07, 6.45) is 3.50. The molecule has 5 heteroatoms. The van der Waals surface area contributed by atoms with Crippen molar-refractivity contribution in [1.82, 2.24) is 15.8 Å². The number of nitrogens with one attached hydrogen (secondary N) is 2. The van der Waals surface area contributed by atoms with E-state index >= 15 is 0 Å². The Hall–Kier alpha value is -1.36. The predicted octanol–water partition coefficient (Wildman–Crippen LogP) is 1.46. The van der Waals surface area contributed by atoms with Crippen molar-refractivity contribution in [3.8, 4) is 0 Å². The van der Waals surface area contributed by atoms with Crippen molar-refractivity contribution in [2.75, 3.05) is 0 Å². The van der Waals surface area contributed by atoms with E-state index in [0.717, 1.165) is 18.6 Å². The van der Waals surface area contributed by atoms with Crippen LogP contribution in [-0.4, -0.2) is 23.1 Å². The van der Waals surface area contributed by atoms with Gasteiger partial charge < -0.3 is 9.84 Å². The quantitative estimate of drug-likeness (QED) is 0.756. The minimum Gasteiger partial charge on any atom is -0.360 e. The van der Waals surface area contributed by atoms with Gasteiger partial charge in [0, 0.05) is 12.1 Å². The van der Waals surface area contributed by atoms with Gasteiger partial charge in [0.25, 0.3) is 0 Å². The molecule has 0 saturated carbocycles. The van der Waals surface area contributed by atoms with Crippen molar-refractivity contribution >= 4 is 5.91 Å². The van der Waals surface area contributed by atoms with Crippen molar-refractivity contribution in [2.45, 2.75) is 52.2 Å². The van der Waals surface area contributed by atoms with Crippen molar-refractivity contribution in [2.24, 2.45) is 0 Å². The van der Waals surface area contributed by atoms with E-state index in [1.165, 1.54) is 0 Å². The summed E-state index contributed by atoms with van der Waals surface area (Å²) in [5, 5.41) is 9.70. The second-order valence-electron chi connectivity index (χ2n) is 4.10. The van der Waals surface area contributed by atoms with E-state index in [4.69, 9.17) is 4.52 Å². The van der Waals surface area contributed by atoms with Gasteiger partial charge in [-0.15, -0.1) is 0 Å². The molecule has 1 heterocycles. The van der Waals surface area contributed by atoms with Gasteiger partial charge in [-0.2, -0.15) is 0 Å². The summed E-state index contributed by atoms with van der Waals surface area (Å²) in [5.74, 6) is 0.755. The Kier molecular flexibility index (Phi) is 5.69. The van der Waals surface area contributed by atoms with Gasteiger partial charge in [0.05, 0.1) is 18.8 Å². The molecule has 1 unspecified atom stereocenters. The molecule has 0 spiro atoms. The van der Waals surface area contributed by atoms with Gasteiger partial charge in [-0.05, 0) is 19.8 Å². The molecule has 1 atom stereocenters. The summed E-state index contributed by atoms with van der Waals surface area (Å²) in [6.45, 7) is 6.49. The number of nitrogens with zero attached hydrogens (tertiary/aromatic N) is 1. The Morgan fingerprint density at radius 3 is 2.71 bits per heavy atom. The van der Waals surface area contributed by atoms with E-state index in [0.29, 0.717) is 6.54 Å². The molecule has 0 radical (unpaired) electrons. The van der Waals surface area contributed by atoms with Crippen molar-refractivity contribution in [1.29, 1.82) is 0 Å². The summed E-state index contributed by atoms with van der Waals surface area (Å²) in [5.41, 5.74) is 0. The zero-order chi connectivity index (χ0) is 12.7. The second-order valence-corrected chi connectivity index (χ2v) is 4.10. The highest BCUT2D eigenvalue weighted by Gasteiger charge is 2.15. The highest BCUT2D eigenvalue weighted by atomic mass is 16.5. The van der Waals surface area contributed by atoms with Crippen LogP contribution in [0.15, 0.2) is 16.8 Å². The lowest BCUT2D eigenvalue weighted by molar-refractivity contribution is -0.123. The average Bonchev–Trinajstić information content (AvgIpc) is 2.85. The highest BCUT2D eigenvalue weighted by Crippen LogP contribution is 1.99. The van der Waals surface area contributed by atoms with Crippen LogP contribution < -0.4 is 10.6 Å². The fourth-order valence-corrected chi connectivity index (χ4v) is 1.50. The first kappa shape index (κ1) is 13.7. The lowest BCUT2D eigenvalue weighted by Gasteiger charge is -2.18. The Morgan fingerprint density at radius 1 is 1.47 bits per heavy atom. The third-order valence-electron chi connectivity index (χ3n) is 2.80. The smallest absolute Gasteiger partial charge is 0.237 e. The van der Waals surface area contributed by atoms with Crippen LogP contribution in [0.2, 0.25) is 0 Å². The molecule has 1 aromatic heterocycles. The molecule has 17 heavy (non-hydrogen) atoms. The van der Waals surface area contributed by atoms with E-state index in [1.807, 2.05) is 6.92 Å². The van der Waals surface area contributed by atoms with Crippen LogP contribution in [0.3, 0.4) is 0 Å². The fraction of sp³-hybridized carbons (Fsp3) is 0.667. The summed E-state index contributed by atoms with van der Waals surface area (Å²) in [4.78, 5) is 11.8. The van der Waals surface area contributed by atoms with Gasteiger partial charge in [0.2, 0.25) is 5.91 Å². The molecule has 96 valence electrons. The van der Waals surface area contributed by atoms with Gasteiger partial charge in [-0.25, -0.2) is 0 Å². The maximum Gasteiger partial charge on any atom is 0.237 e. The largest absolute Gasteiger partial charge is 0.360 e. The van der Waals surface area contributed by atoms with Crippen LogP contribution in [0, 0.1) is 0 Å². The van der Waals surface area contributed by atoms with Crippen LogP contribution >= 0.6 is 0 Å². The number of amides is 1. The van der Waals surface area contributed by atoms with E-state index in [-0.39, 0.29) is 18.0 Å². The molecular weight excluding hydrogens is 218 g/mol. The standard InChI is InChI=1S/C12H21N3O2/c1-4-10(5-2)15-12(16)9(3)13-8-11-6-7-14-17-11/h6-7,9-10,13H,4-5,8H2,1-3H3,(H,15,16). The average molecular weight is 239 g/mol. The molecule has 1 aromatic rings. The zero-order valence-corrected chi connectivity index (χ0v) is 10.7. The minimum atomic E-state index is -0.235. The number of carbonyl (C=O) groups excluding carboxylic acids is 1. The summed E-state index contributed by atoms with van der Waals surface area (Å²) >= 11 is 0. The van der Waals surface area contributed by atoms with Crippen LogP contribution in [0.25, 0.3) is 0 Å². The van der Waals surface area contributed by atoms with E-state index in [2.05, 4.69) is 29.6 Å². The number of hydrogen-bond acceptors (Lipinski definition) is 4. The first-order chi connectivity index (χ1) is 8.17. The molecule has 0 aliphatic carbocycles. The first-order valence-electron chi connectivity index (χ1n) is 6.10. The van der Waals surface area contributed by atoms with E-state index < -0.39 is 0 Å². The summed E-state index contributed by atoms with van der Waals surface area (Å²) in [7, 11) is 0. The van der Waals surface area contributed by atoms with Crippen molar-refractivity contribution in [3.63, 3.8) is 0 Å². The molecule has 2 N–H and O–H groups in total. The van der Waals surface area contributed by atoms with Gasteiger partial charge in [-0.3, -0.25) is 10.1 Å². The number of aromatic nitrogens is 1. The molecule has 0 aliphatic heterocycles. The maximum atomic E-state index is 11.8. The molecule has 1 rings (SSSR count). The van der Waals surface area contributed by atoms with Gasteiger partial charge in [0.15, 0.2) is 0 Å². The number of carbonyl (C=O) groups is 1. The van der Waals surface area contributed by atoms with Crippen molar-refractivity contribution < 1.29 is 9.32 Å².